The molecule has 0 aliphatic carbocycles. The molecule has 19 heavy (non-hydrogen) atoms. The zero-order valence-corrected chi connectivity index (χ0v) is 11.9. The Morgan fingerprint density at radius 2 is 1.89 bits per heavy atom. The first-order valence-electron chi connectivity index (χ1n) is 6.14. The average molecular weight is 265 g/mol. The number of carbonyl (C=O) groups is 1. The Morgan fingerprint density at radius 1 is 1.42 bits per heavy atom. The summed E-state index contributed by atoms with van der Waals surface area (Å²) < 4.78 is 0.821. The molecule has 1 unspecified atom stereocenters. The van der Waals surface area contributed by atoms with Gasteiger partial charge in [-0.2, -0.15) is 0 Å². The van der Waals surface area contributed by atoms with Gasteiger partial charge in [-0.05, 0) is 13.0 Å². The van der Waals surface area contributed by atoms with Gasteiger partial charge >= 0.3 is 0 Å². The molecule has 4 nitrogen and oxygen atoms in total. The van der Waals surface area contributed by atoms with E-state index >= 15 is 0 Å². The van der Waals surface area contributed by atoms with Gasteiger partial charge in [-0.3, -0.25) is 0 Å². The highest BCUT2D eigenvalue weighted by Crippen LogP contribution is 2.09. The van der Waals surface area contributed by atoms with E-state index in [0.29, 0.717) is 0 Å². The first-order valence-corrected chi connectivity index (χ1v) is 6.14. The van der Waals surface area contributed by atoms with Crippen molar-refractivity contribution < 1.29 is 19.5 Å². The Morgan fingerprint density at radius 3 is 2.26 bits per heavy atom. The predicted octanol–water partition coefficient (Wildman–Crippen LogP) is 0.566. The smallest absolute Gasteiger partial charge is 0.105 e. The second kappa shape index (κ2) is 8.45. The summed E-state index contributed by atoms with van der Waals surface area (Å²) >= 11 is 0. The lowest BCUT2D eigenvalue weighted by atomic mass is 10.2. The number of quaternary nitrogens is 1. The molecule has 1 N–H and O–H groups in total. The lowest BCUT2D eigenvalue weighted by molar-refractivity contribution is -0.906. The van der Waals surface area contributed by atoms with E-state index in [1.807, 2.05) is 13.0 Å². The van der Waals surface area contributed by atoms with Crippen molar-refractivity contribution in [2.24, 2.45) is 0 Å². The van der Waals surface area contributed by atoms with Crippen LogP contribution < -0.4 is 5.11 Å². The number of nitrogens with zero attached hydrogens (tertiary/aromatic N) is 1. The number of benzene rings is 1. The molecule has 4 heteroatoms. The summed E-state index contributed by atoms with van der Waals surface area (Å²) in [6, 6.07) is 10.4. The molecule has 0 spiro atoms. The molecule has 0 fully saturated rings. The molecular weight excluding hydrogens is 242 g/mol. The van der Waals surface area contributed by atoms with Crippen LogP contribution in [0.25, 0.3) is 0 Å². The number of aliphatic carboxylic acids is 1. The van der Waals surface area contributed by atoms with Crippen LogP contribution in [0.3, 0.4) is 0 Å². The maximum absolute atomic E-state index is 9.35. The minimum atomic E-state index is -1.23. The number of aliphatic hydroxyl groups is 1. The first kappa shape index (κ1) is 17.4. The lowest BCUT2D eigenvalue weighted by Crippen LogP contribution is -2.43. The van der Waals surface area contributed by atoms with Gasteiger partial charge in [0.2, 0.25) is 0 Å². The van der Waals surface area contributed by atoms with Gasteiger partial charge < -0.3 is 19.5 Å². The third kappa shape index (κ3) is 10.00. The Bertz CT molecular complexity index is 386. The van der Waals surface area contributed by atoms with Gasteiger partial charge in [0.05, 0.1) is 20.1 Å². The topological polar surface area (TPSA) is 60.4 Å². The molecular formula is C15H23NO3. The molecule has 0 heterocycles. The predicted molar refractivity (Wildman–Crippen MR) is 74.0 cm³/mol. The SMILES string of the molecule is C=CC(=O)[O-].CC(O)C[N+](C)(C)Cc1ccccc1. The minimum absolute atomic E-state index is 0.242. The molecule has 106 valence electrons. The number of carbonyl (C=O) groups excluding carboxylic acids is 1. The number of rotatable bonds is 5. The number of carboxylic acid groups (broad SMARTS) is 1. The summed E-state index contributed by atoms with van der Waals surface area (Å²) in [4.78, 5) is 9.14. The molecule has 1 rings (SSSR count). The maximum atomic E-state index is 9.35. The van der Waals surface area contributed by atoms with Crippen LogP contribution in [-0.2, 0) is 11.3 Å². The van der Waals surface area contributed by atoms with Crippen molar-refractivity contribution in [3.8, 4) is 0 Å². The molecule has 1 atom stereocenters. The van der Waals surface area contributed by atoms with Crippen LogP contribution in [0, 0.1) is 0 Å². The zero-order valence-electron chi connectivity index (χ0n) is 11.9. The molecule has 1 aromatic rings. The summed E-state index contributed by atoms with van der Waals surface area (Å²) in [5, 5.41) is 18.5. The lowest BCUT2D eigenvalue weighted by Gasteiger charge is -2.31. The van der Waals surface area contributed by atoms with Crippen LogP contribution in [0.1, 0.15) is 12.5 Å². The number of hydrogen-bond donors (Lipinski definition) is 1. The molecule has 0 aliphatic heterocycles. The van der Waals surface area contributed by atoms with E-state index in [0.717, 1.165) is 23.6 Å². The van der Waals surface area contributed by atoms with Gasteiger partial charge in [-0.25, -0.2) is 0 Å². The fourth-order valence-corrected chi connectivity index (χ4v) is 1.86. The largest absolute Gasteiger partial charge is 0.545 e. The van der Waals surface area contributed by atoms with Crippen LogP contribution in [0.15, 0.2) is 43.0 Å². The summed E-state index contributed by atoms with van der Waals surface area (Å²) in [5.74, 6) is -1.23. The number of carboxylic acids is 1. The van der Waals surface area contributed by atoms with Gasteiger partial charge in [0, 0.05) is 5.56 Å². The fourth-order valence-electron chi connectivity index (χ4n) is 1.86. The van der Waals surface area contributed by atoms with Gasteiger partial charge in [0.15, 0.2) is 0 Å². The Balaban J connectivity index is 0.000000555. The highest BCUT2D eigenvalue weighted by molar-refractivity contribution is 5.76. The Hall–Kier alpha value is -1.65. The second-order valence-electron chi connectivity index (χ2n) is 5.13. The van der Waals surface area contributed by atoms with Crippen molar-refractivity contribution in [3.63, 3.8) is 0 Å². The summed E-state index contributed by atoms with van der Waals surface area (Å²) in [5.41, 5.74) is 1.32. The molecule has 0 bridgehead atoms. The third-order valence-corrected chi connectivity index (χ3v) is 2.38. The molecule has 0 aromatic heterocycles. The Kier molecular flexibility index (Phi) is 7.72. The number of aliphatic hydroxyl groups excluding tert-OH is 1. The van der Waals surface area contributed by atoms with Gasteiger partial charge in [0.1, 0.15) is 19.2 Å². The molecule has 1 aromatic carbocycles. The van der Waals surface area contributed by atoms with Gasteiger partial charge in [0.25, 0.3) is 0 Å². The summed E-state index contributed by atoms with van der Waals surface area (Å²) in [7, 11) is 4.28. The quantitative estimate of drug-likeness (QED) is 0.625. The van der Waals surface area contributed by atoms with Crippen molar-refractivity contribution in [2.45, 2.75) is 19.6 Å². The number of likely N-dealkylation sites (N-methyl/N-ethyl adjacent to an activating group) is 1. The second-order valence-corrected chi connectivity index (χ2v) is 5.13. The normalized spacial score (nSPS) is 12.0. The van der Waals surface area contributed by atoms with Gasteiger partial charge in [-0.15, -0.1) is 0 Å². The summed E-state index contributed by atoms with van der Waals surface area (Å²) in [6.45, 7) is 6.49. The highest BCUT2D eigenvalue weighted by atomic mass is 16.4. The zero-order chi connectivity index (χ0) is 14.9. The van der Waals surface area contributed by atoms with E-state index < -0.39 is 5.97 Å². The van der Waals surface area contributed by atoms with E-state index in [9.17, 15) is 5.11 Å². The Labute approximate surface area is 115 Å². The van der Waals surface area contributed by atoms with Crippen molar-refractivity contribution in [1.29, 1.82) is 0 Å². The fraction of sp³-hybridized carbons (Fsp3) is 0.400. The van der Waals surface area contributed by atoms with Crippen LogP contribution >= 0.6 is 0 Å². The van der Waals surface area contributed by atoms with E-state index in [4.69, 9.17) is 9.90 Å². The maximum Gasteiger partial charge on any atom is 0.105 e. The van der Waals surface area contributed by atoms with Crippen LogP contribution in [0.4, 0.5) is 0 Å². The van der Waals surface area contributed by atoms with E-state index in [1.165, 1.54) is 5.56 Å². The minimum Gasteiger partial charge on any atom is -0.545 e. The molecule has 0 aliphatic rings. The van der Waals surface area contributed by atoms with Crippen molar-refractivity contribution in [2.75, 3.05) is 20.6 Å². The molecule has 0 saturated carbocycles. The van der Waals surface area contributed by atoms with Crippen LogP contribution in [0.2, 0.25) is 0 Å². The number of hydrogen-bond acceptors (Lipinski definition) is 3. The van der Waals surface area contributed by atoms with Crippen LogP contribution in [0.5, 0.6) is 0 Å². The van der Waals surface area contributed by atoms with Crippen molar-refractivity contribution in [1.82, 2.24) is 0 Å². The van der Waals surface area contributed by atoms with Crippen LogP contribution in [-0.4, -0.2) is 42.3 Å². The summed E-state index contributed by atoms with van der Waals surface area (Å²) in [6.07, 6.45) is 0.480. The van der Waals surface area contributed by atoms with Crippen molar-refractivity contribution in [3.05, 3.63) is 48.6 Å². The van der Waals surface area contributed by atoms with E-state index in [2.05, 4.69) is 44.9 Å². The van der Waals surface area contributed by atoms with Gasteiger partial charge in [-0.1, -0.05) is 36.9 Å². The van der Waals surface area contributed by atoms with E-state index in [1.54, 1.807) is 0 Å². The first-order chi connectivity index (χ1) is 8.76. The van der Waals surface area contributed by atoms with Crippen molar-refractivity contribution >= 4 is 5.97 Å². The molecule has 0 amide bonds. The molecule has 0 saturated heterocycles. The average Bonchev–Trinajstić information content (AvgIpc) is 2.28. The van der Waals surface area contributed by atoms with E-state index in [-0.39, 0.29) is 6.10 Å². The monoisotopic (exact) mass is 265 g/mol. The standard InChI is InChI=1S/C12H20NO.C3H4O2/c1-11(14)9-13(2,3)10-12-7-5-4-6-8-12;1-2-3(4)5/h4-8,11,14H,9-10H2,1-3H3;2H,1H2,(H,4,5)/q+1;/p-1. The highest BCUT2D eigenvalue weighted by Gasteiger charge is 2.17. The third-order valence-electron chi connectivity index (χ3n) is 2.38. The molecule has 0 radical (unpaired) electrons.